The Morgan fingerprint density at radius 1 is 1.08 bits per heavy atom. The summed E-state index contributed by atoms with van der Waals surface area (Å²) in [5.41, 5.74) is 4.07. The second-order valence-corrected chi connectivity index (χ2v) is 11.3. The molecule has 8 nitrogen and oxygen atoms in total. The average molecular weight is 543 g/mol. The molecule has 0 unspecified atom stereocenters. The van der Waals surface area contributed by atoms with Crippen molar-refractivity contribution in [2.24, 2.45) is 5.92 Å². The fourth-order valence-electron chi connectivity index (χ4n) is 4.82. The van der Waals surface area contributed by atoms with Gasteiger partial charge < -0.3 is 10.2 Å². The summed E-state index contributed by atoms with van der Waals surface area (Å²) in [7, 11) is 0. The molecule has 2 aliphatic rings. The number of amides is 2. The van der Waals surface area contributed by atoms with E-state index < -0.39 is 0 Å². The molecule has 192 valence electrons. The number of nitrogens with zero attached hydrogens (tertiary/aromatic N) is 4. The van der Waals surface area contributed by atoms with Crippen LogP contribution in [0.1, 0.15) is 24.1 Å². The van der Waals surface area contributed by atoms with E-state index in [-0.39, 0.29) is 11.1 Å². The Morgan fingerprint density at radius 2 is 1.92 bits per heavy atom. The van der Waals surface area contributed by atoms with Crippen molar-refractivity contribution in [3.05, 3.63) is 76.4 Å². The normalized spacial score (nSPS) is 17.5. The van der Waals surface area contributed by atoms with Crippen LogP contribution < -0.4 is 15.5 Å². The molecule has 0 radical (unpaired) electrons. The van der Waals surface area contributed by atoms with Crippen LogP contribution in [-0.2, 0) is 11.3 Å². The molecule has 2 saturated heterocycles. The van der Waals surface area contributed by atoms with Crippen molar-refractivity contribution in [3.8, 4) is 11.3 Å². The maximum atomic E-state index is 11.8. The Bertz CT molecular complexity index is 1530. The first kappa shape index (κ1) is 24.7. The molecule has 10 heteroatoms. The van der Waals surface area contributed by atoms with Gasteiger partial charge in [-0.3, -0.25) is 19.9 Å². The number of piperidine rings is 1. The SMILES string of the molecule is O=C1NC(=O)C(=Cc2ccnc(N3CCC(CNCc4ccnc(-c5csc6ccccc56)c4)CC3)n2)S1. The number of pyridine rings is 1. The molecule has 5 heterocycles. The van der Waals surface area contributed by atoms with E-state index in [1.807, 2.05) is 6.20 Å². The quantitative estimate of drug-likeness (QED) is 0.312. The lowest BCUT2D eigenvalue weighted by molar-refractivity contribution is -0.115. The third kappa shape index (κ3) is 5.47. The summed E-state index contributed by atoms with van der Waals surface area (Å²) < 4.78 is 1.28. The molecule has 2 amide bonds. The summed E-state index contributed by atoms with van der Waals surface area (Å²) in [5, 5.41) is 9.00. The van der Waals surface area contributed by atoms with Crippen molar-refractivity contribution in [2.45, 2.75) is 19.4 Å². The van der Waals surface area contributed by atoms with Crippen LogP contribution >= 0.6 is 23.1 Å². The van der Waals surface area contributed by atoms with Gasteiger partial charge in [-0.05, 0) is 73.0 Å². The lowest BCUT2D eigenvalue weighted by Crippen LogP contribution is -2.38. The molecule has 0 spiro atoms. The number of hydrogen-bond acceptors (Lipinski definition) is 9. The maximum Gasteiger partial charge on any atom is 0.290 e. The Hall–Kier alpha value is -3.60. The standard InChI is InChI=1S/C28H26N6O2S2/c35-26-25(38-28(36)33-26)14-20-6-10-31-27(32-20)34-11-7-18(8-12-34)15-29-16-19-5-9-30-23(13-19)22-17-37-24-4-2-1-3-21(22)24/h1-6,9-10,13-14,17-18,29H,7-8,11-12,15-16H2,(H,33,35,36). The molecular weight excluding hydrogens is 516 g/mol. The zero-order chi connectivity index (χ0) is 25.9. The molecule has 0 aliphatic carbocycles. The number of carbonyl (C=O) groups is 2. The number of carbonyl (C=O) groups excluding carboxylic acids is 2. The van der Waals surface area contributed by atoms with Crippen LogP contribution in [0.3, 0.4) is 0 Å². The highest BCUT2D eigenvalue weighted by Crippen LogP contribution is 2.33. The van der Waals surface area contributed by atoms with Gasteiger partial charge in [0.15, 0.2) is 0 Å². The number of hydrogen-bond donors (Lipinski definition) is 2. The van der Waals surface area contributed by atoms with Crippen LogP contribution in [0.5, 0.6) is 0 Å². The zero-order valence-electron chi connectivity index (χ0n) is 20.6. The second kappa shape index (κ2) is 11.0. The van der Waals surface area contributed by atoms with Gasteiger partial charge in [0, 0.05) is 53.1 Å². The van der Waals surface area contributed by atoms with E-state index in [2.05, 4.69) is 72.3 Å². The lowest BCUT2D eigenvalue weighted by Gasteiger charge is -2.32. The molecule has 1 aromatic carbocycles. The summed E-state index contributed by atoms with van der Waals surface area (Å²) >= 11 is 2.65. The van der Waals surface area contributed by atoms with Crippen molar-refractivity contribution < 1.29 is 9.59 Å². The van der Waals surface area contributed by atoms with Gasteiger partial charge in [0.05, 0.1) is 16.3 Å². The van der Waals surface area contributed by atoms with Gasteiger partial charge in [0.1, 0.15) is 0 Å². The molecule has 0 atom stereocenters. The third-order valence-electron chi connectivity index (χ3n) is 6.83. The number of anilines is 1. The average Bonchev–Trinajstić information content (AvgIpc) is 3.51. The van der Waals surface area contributed by atoms with E-state index in [1.54, 1.807) is 29.7 Å². The highest BCUT2D eigenvalue weighted by Gasteiger charge is 2.25. The smallest absolute Gasteiger partial charge is 0.290 e. The van der Waals surface area contributed by atoms with Gasteiger partial charge in [-0.2, -0.15) is 0 Å². The highest BCUT2D eigenvalue weighted by molar-refractivity contribution is 8.18. The number of imide groups is 1. The number of thiophene rings is 1. The Labute approximate surface area is 228 Å². The van der Waals surface area contributed by atoms with Crippen LogP contribution in [0.4, 0.5) is 10.7 Å². The van der Waals surface area contributed by atoms with Crippen LogP contribution in [0.2, 0.25) is 0 Å². The van der Waals surface area contributed by atoms with E-state index >= 15 is 0 Å². The number of benzene rings is 1. The second-order valence-electron chi connectivity index (χ2n) is 9.39. The van der Waals surface area contributed by atoms with Crippen LogP contribution in [0.25, 0.3) is 27.4 Å². The first-order chi connectivity index (χ1) is 18.6. The Morgan fingerprint density at radius 3 is 2.76 bits per heavy atom. The minimum Gasteiger partial charge on any atom is -0.341 e. The molecule has 38 heavy (non-hydrogen) atoms. The van der Waals surface area contributed by atoms with Crippen molar-refractivity contribution in [1.29, 1.82) is 0 Å². The van der Waals surface area contributed by atoms with Crippen molar-refractivity contribution in [3.63, 3.8) is 0 Å². The molecule has 6 rings (SSSR count). The summed E-state index contributed by atoms with van der Waals surface area (Å²) in [4.78, 5) is 39.4. The Kier molecular flexibility index (Phi) is 7.17. The minimum atomic E-state index is -0.378. The van der Waals surface area contributed by atoms with E-state index in [0.717, 1.165) is 56.5 Å². The molecule has 2 aliphatic heterocycles. The summed E-state index contributed by atoms with van der Waals surface area (Å²) in [6, 6.07) is 14.5. The van der Waals surface area contributed by atoms with Gasteiger partial charge in [-0.1, -0.05) is 18.2 Å². The van der Waals surface area contributed by atoms with E-state index in [9.17, 15) is 9.59 Å². The van der Waals surface area contributed by atoms with E-state index in [0.29, 0.717) is 22.5 Å². The first-order valence-electron chi connectivity index (χ1n) is 12.6. The fourth-order valence-corrected chi connectivity index (χ4v) is 6.44. The van der Waals surface area contributed by atoms with Crippen LogP contribution in [0.15, 0.2) is 65.1 Å². The predicted molar refractivity (Wildman–Crippen MR) is 153 cm³/mol. The van der Waals surface area contributed by atoms with E-state index in [1.165, 1.54) is 21.2 Å². The molecule has 0 saturated carbocycles. The first-order valence-corrected chi connectivity index (χ1v) is 14.3. The van der Waals surface area contributed by atoms with Crippen molar-refractivity contribution in [1.82, 2.24) is 25.6 Å². The van der Waals surface area contributed by atoms with Crippen LogP contribution in [-0.4, -0.2) is 45.7 Å². The molecule has 4 aromatic rings. The topological polar surface area (TPSA) is 100 Å². The lowest BCUT2D eigenvalue weighted by atomic mass is 9.97. The highest BCUT2D eigenvalue weighted by atomic mass is 32.2. The molecular formula is C28H26N6O2S2. The van der Waals surface area contributed by atoms with Gasteiger partial charge in [-0.15, -0.1) is 11.3 Å². The maximum absolute atomic E-state index is 11.8. The number of fused-ring (bicyclic) bond motifs is 1. The third-order valence-corrected chi connectivity index (χ3v) is 8.60. The molecule has 2 fully saturated rings. The minimum absolute atomic E-state index is 0.355. The van der Waals surface area contributed by atoms with Gasteiger partial charge in [-0.25, -0.2) is 9.97 Å². The van der Waals surface area contributed by atoms with Gasteiger partial charge >= 0.3 is 0 Å². The number of thioether (sulfide) groups is 1. The molecule has 3 aromatic heterocycles. The van der Waals surface area contributed by atoms with Crippen molar-refractivity contribution >= 4 is 56.4 Å². The molecule has 2 N–H and O–H groups in total. The Balaban J connectivity index is 1.01. The van der Waals surface area contributed by atoms with Gasteiger partial charge in [0.25, 0.3) is 11.1 Å². The molecule has 0 bridgehead atoms. The predicted octanol–water partition coefficient (Wildman–Crippen LogP) is 5.08. The number of nitrogens with one attached hydrogen (secondary N) is 2. The van der Waals surface area contributed by atoms with Crippen LogP contribution in [0, 0.1) is 5.92 Å². The van der Waals surface area contributed by atoms with Gasteiger partial charge in [0.2, 0.25) is 5.95 Å². The van der Waals surface area contributed by atoms with E-state index in [4.69, 9.17) is 0 Å². The summed E-state index contributed by atoms with van der Waals surface area (Å²) in [6.07, 6.45) is 7.34. The van der Waals surface area contributed by atoms with Crippen molar-refractivity contribution in [2.75, 3.05) is 24.5 Å². The fraction of sp³-hybridized carbons (Fsp3) is 0.250. The number of rotatable bonds is 7. The zero-order valence-corrected chi connectivity index (χ0v) is 22.2. The number of aromatic nitrogens is 3. The summed E-state index contributed by atoms with van der Waals surface area (Å²) in [5.74, 6) is 0.866. The monoisotopic (exact) mass is 542 g/mol. The summed E-state index contributed by atoms with van der Waals surface area (Å²) in [6.45, 7) is 3.53. The largest absolute Gasteiger partial charge is 0.341 e.